The van der Waals surface area contributed by atoms with Gasteiger partial charge in [0.1, 0.15) is 12.1 Å². The summed E-state index contributed by atoms with van der Waals surface area (Å²) < 4.78 is 23.8. The fourth-order valence-corrected chi connectivity index (χ4v) is 7.04. The lowest BCUT2D eigenvalue weighted by atomic mass is 9.72. The van der Waals surface area contributed by atoms with E-state index in [9.17, 15) is 33.0 Å². The molecule has 0 radical (unpaired) electrons. The largest absolute Gasteiger partial charge is 0.390 e. The lowest BCUT2D eigenvalue weighted by molar-refractivity contribution is -0.135. The quantitative estimate of drug-likeness (QED) is 0.228. The zero-order valence-electron chi connectivity index (χ0n) is 27.9. The van der Waals surface area contributed by atoms with Crippen molar-refractivity contribution in [3.05, 3.63) is 35.9 Å². The second-order valence-corrected chi connectivity index (χ2v) is 17.2. The minimum atomic E-state index is -3.87. The highest BCUT2D eigenvalue weighted by Gasteiger charge is 2.46. The van der Waals surface area contributed by atoms with Gasteiger partial charge >= 0.3 is 0 Å². The van der Waals surface area contributed by atoms with Gasteiger partial charge in [0.05, 0.1) is 22.9 Å². The van der Waals surface area contributed by atoms with Gasteiger partial charge < -0.3 is 26.2 Å². The number of fused-ring (bicyclic) bond motifs is 1. The van der Waals surface area contributed by atoms with Crippen molar-refractivity contribution in [1.29, 1.82) is 0 Å². The monoisotopic (exact) mass is 650 g/mol. The summed E-state index contributed by atoms with van der Waals surface area (Å²) in [7, 11) is -3.87. The Morgan fingerprint density at radius 2 is 1.56 bits per heavy atom. The van der Waals surface area contributed by atoms with Gasteiger partial charge in [-0.25, -0.2) is 8.42 Å². The first-order chi connectivity index (χ1) is 20.8. The number of aliphatic hydroxyl groups is 2. The number of sulfone groups is 1. The van der Waals surface area contributed by atoms with Gasteiger partial charge in [0.25, 0.3) is 0 Å². The Labute approximate surface area is 268 Å². The Morgan fingerprint density at radius 3 is 2.11 bits per heavy atom. The lowest BCUT2D eigenvalue weighted by Crippen LogP contribution is -2.64. The number of β-amino-alcohol motifs (C(OH)–C–C–N with tert-alkyl or cyclic N) is 1. The summed E-state index contributed by atoms with van der Waals surface area (Å²) in [4.78, 5) is 41.9. The number of carbonyl (C=O) groups excluding carboxylic acids is 3. The molecule has 3 amide bonds. The van der Waals surface area contributed by atoms with Crippen LogP contribution in [0.5, 0.6) is 0 Å². The van der Waals surface area contributed by atoms with Gasteiger partial charge in [0.15, 0.2) is 9.84 Å². The van der Waals surface area contributed by atoms with Crippen molar-refractivity contribution in [3.63, 3.8) is 0 Å². The third kappa shape index (κ3) is 9.97. The molecular weight excluding hydrogens is 596 g/mol. The third-order valence-electron chi connectivity index (χ3n) is 9.39. The Hall–Kier alpha value is -2.54. The summed E-state index contributed by atoms with van der Waals surface area (Å²) in [5.74, 6) is -0.915. The second kappa shape index (κ2) is 14.9. The highest BCUT2D eigenvalue weighted by molar-refractivity contribution is 7.92. The minimum Gasteiger partial charge on any atom is -0.390 e. The van der Waals surface area contributed by atoms with Crippen LogP contribution < -0.4 is 16.0 Å². The molecule has 1 saturated carbocycles. The fraction of sp³-hybridized carbons (Fsp3) is 0.727. The maximum absolute atomic E-state index is 13.8. The van der Waals surface area contributed by atoms with E-state index in [0.29, 0.717) is 24.8 Å². The molecule has 1 aromatic rings. The summed E-state index contributed by atoms with van der Waals surface area (Å²) in [6.07, 6.45) is 3.75. The normalized spacial score (nSPS) is 24.0. The van der Waals surface area contributed by atoms with Crippen molar-refractivity contribution >= 4 is 27.6 Å². The van der Waals surface area contributed by atoms with E-state index in [2.05, 4.69) is 16.0 Å². The topological polar surface area (TPSA) is 165 Å². The van der Waals surface area contributed by atoms with Gasteiger partial charge in [-0.1, -0.05) is 49.6 Å². The molecule has 1 heterocycles. The van der Waals surface area contributed by atoms with Gasteiger partial charge in [-0.15, -0.1) is 0 Å². The SMILES string of the molecule is C[C@H](O)C(=O)N[C@H](C(=O)NC(Cc1ccccc1)C(O)CN1C[C@H]2CCCC[C@H]2CC1C(=O)NC(C)(C)C)C(C)(C)S(C)(=O)=O. The van der Waals surface area contributed by atoms with Crippen molar-refractivity contribution in [1.82, 2.24) is 20.9 Å². The van der Waals surface area contributed by atoms with Crippen LogP contribution in [0.1, 0.15) is 79.2 Å². The Morgan fingerprint density at radius 1 is 0.956 bits per heavy atom. The van der Waals surface area contributed by atoms with Crippen LogP contribution >= 0.6 is 0 Å². The molecule has 11 nitrogen and oxygen atoms in total. The van der Waals surface area contributed by atoms with E-state index in [-0.39, 0.29) is 18.9 Å². The van der Waals surface area contributed by atoms with Gasteiger partial charge in [0, 0.05) is 24.9 Å². The summed E-state index contributed by atoms with van der Waals surface area (Å²) in [6.45, 7) is 10.5. The summed E-state index contributed by atoms with van der Waals surface area (Å²) in [5.41, 5.74) is 0.411. The molecule has 1 saturated heterocycles. The smallest absolute Gasteiger partial charge is 0.249 e. The number of aliphatic hydroxyl groups excluding tert-OH is 2. The molecule has 5 N–H and O–H groups in total. The van der Waals surface area contributed by atoms with Crippen molar-refractivity contribution < 1.29 is 33.0 Å². The summed E-state index contributed by atoms with van der Waals surface area (Å²) in [5, 5.41) is 30.0. The number of nitrogens with zero attached hydrogens (tertiary/aromatic N) is 1. The van der Waals surface area contributed by atoms with Crippen LogP contribution in [0.4, 0.5) is 0 Å². The number of benzene rings is 1. The number of nitrogens with one attached hydrogen (secondary N) is 3. The first kappa shape index (κ1) is 36.9. The molecule has 12 heteroatoms. The van der Waals surface area contributed by atoms with E-state index < -0.39 is 62.3 Å². The number of piperidine rings is 1. The molecule has 0 aromatic heterocycles. The van der Waals surface area contributed by atoms with Crippen LogP contribution in [0.2, 0.25) is 0 Å². The van der Waals surface area contributed by atoms with Crippen molar-refractivity contribution in [3.8, 4) is 0 Å². The number of hydrogen-bond acceptors (Lipinski definition) is 8. The zero-order chi connectivity index (χ0) is 33.7. The molecule has 2 aliphatic rings. The number of carbonyl (C=O) groups is 3. The van der Waals surface area contributed by atoms with Gasteiger partial charge in [-0.05, 0) is 78.2 Å². The van der Waals surface area contributed by atoms with Crippen molar-refractivity contribution in [2.45, 2.75) is 121 Å². The maximum atomic E-state index is 13.8. The van der Waals surface area contributed by atoms with E-state index in [4.69, 9.17) is 0 Å². The van der Waals surface area contributed by atoms with Gasteiger partial charge in [-0.3, -0.25) is 19.3 Å². The van der Waals surface area contributed by atoms with Crippen LogP contribution in [0, 0.1) is 11.8 Å². The van der Waals surface area contributed by atoms with Crippen molar-refractivity contribution in [2.75, 3.05) is 19.3 Å². The predicted octanol–water partition coefficient (Wildman–Crippen LogP) is 1.56. The summed E-state index contributed by atoms with van der Waals surface area (Å²) in [6, 6.07) is 6.42. The average molecular weight is 651 g/mol. The first-order valence-corrected chi connectivity index (χ1v) is 18.0. The standard InChI is InChI=1S/C33H54N4O7S/c1-21(38)29(40)35-28(33(5,6)45(7,43)44)31(42)34-25(17-22-13-9-8-10-14-22)27(39)20-37-19-24-16-12-11-15-23(24)18-26(37)30(41)36-32(2,3)4/h8-10,13-14,21,23-28,38-39H,11-12,15-20H2,1-7H3,(H,34,42)(H,35,40)(H,36,41)/t21-,23-,24+,25?,26?,27?,28+/m0/s1. The zero-order valence-corrected chi connectivity index (χ0v) is 28.7. The Kier molecular flexibility index (Phi) is 12.2. The average Bonchev–Trinajstić information content (AvgIpc) is 2.93. The molecule has 45 heavy (non-hydrogen) atoms. The van der Waals surface area contributed by atoms with Crippen LogP contribution in [0.15, 0.2) is 30.3 Å². The van der Waals surface area contributed by atoms with E-state index in [1.54, 1.807) is 0 Å². The minimum absolute atomic E-state index is 0.0850. The molecule has 2 fully saturated rings. The maximum Gasteiger partial charge on any atom is 0.249 e. The third-order valence-corrected chi connectivity index (χ3v) is 11.5. The summed E-state index contributed by atoms with van der Waals surface area (Å²) >= 11 is 0. The van der Waals surface area contributed by atoms with Gasteiger partial charge in [-0.2, -0.15) is 0 Å². The molecular formula is C33H54N4O7S. The predicted molar refractivity (Wildman–Crippen MR) is 174 cm³/mol. The molecule has 0 spiro atoms. The van der Waals surface area contributed by atoms with Crippen LogP contribution in [-0.4, -0.2) is 101 Å². The van der Waals surface area contributed by atoms with E-state index in [1.807, 2.05) is 56.0 Å². The molecule has 0 bridgehead atoms. The number of likely N-dealkylation sites (tertiary alicyclic amines) is 1. The highest BCUT2D eigenvalue weighted by atomic mass is 32.2. The first-order valence-electron chi connectivity index (χ1n) is 16.1. The number of amides is 3. The molecule has 254 valence electrons. The molecule has 7 atom stereocenters. The van der Waals surface area contributed by atoms with E-state index >= 15 is 0 Å². The molecule has 3 unspecified atom stereocenters. The highest BCUT2D eigenvalue weighted by Crippen LogP contribution is 2.39. The molecule has 1 aromatic carbocycles. The molecule has 1 aliphatic carbocycles. The number of hydrogen-bond donors (Lipinski definition) is 5. The molecule has 1 aliphatic heterocycles. The number of rotatable bonds is 12. The van der Waals surface area contributed by atoms with Gasteiger partial charge in [0.2, 0.25) is 17.7 Å². The lowest BCUT2D eigenvalue weighted by Gasteiger charge is -2.47. The second-order valence-electron chi connectivity index (χ2n) is 14.6. The van der Waals surface area contributed by atoms with Crippen LogP contribution in [0.3, 0.4) is 0 Å². The fourth-order valence-electron chi connectivity index (χ4n) is 6.44. The van der Waals surface area contributed by atoms with E-state index in [1.165, 1.54) is 20.8 Å². The van der Waals surface area contributed by atoms with Crippen molar-refractivity contribution in [2.24, 2.45) is 11.8 Å². The van der Waals surface area contributed by atoms with Crippen LogP contribution in [0.25, 0.3) is 0 Å². The Bertz CT molecular complexity index is 1280. The van der Waals surface area contributed by atoms with Crippen LogP contribution in [-0.2, 0) is 30.6 Å². The molecule has 3 rings (SSSR count). The van der Waals surface area contributed by atoms with E-state index in [0.717, 1.165) is 37.5 Å². The Balaban J connectivity index is 1.92.